The van der Waals surface area contributed by atoms with Crippen molar-refractivity contribution >= 4 is 38.3 Å². The van der Waals surface area contributed by atoms with Crippen LogP contribution in [-0.2, 0) is 10.0 Å². The van der Waals surface area contributed by atoms with E-state index in [1.54, 1.807) is 30.3 Å². The third kappa shape index (κ3) is 4.43. The van der Waals surface area contributed by atoms with E-state index in [1.807, 2.05) is 0 Å². The summed E-state index contributed by atoms with van der Waals surface area (Å²) in [6.07, 6.45) is 1.25. The van der Waals surface area contributed by atoms with E-state index in [-0.39, 0.29) is 21.3 Å². The highest BCUT2D eigenvalue weighted by Crippen LogP contribution is 2.32. The molecule has 8 nitrogen and oxygen atoms in total. The second-order valence-corrected chi connectivity index (χ2v) is 9.88. The van der Waals surface area contributed by atoms with Gasteiger partial charge in [0.25, 0.3) is 15.6 Å². The molecule has 1 N–H and O–H groups in total. The molecule has 2 heterocycles. The summed E-state index contributed by atoms with van der Waals surface area (Å²) in [6.45, 7) is 0. The van der Waals surface area contributed by atoms with Gasteiger partial charge < -0.3 is 9.26 Å². The Morgan fingerprint density at radius 2 is 1.83 bits per heavy atom. The van der Waals surface area contributed by atoms with E-state index < -0.39 is 15.8 Å². The summed E-state index contributed by atoms with van der Waals surface area (Å²) in [4.78, 5) is 12.9. The Hall–Kier alpha value is -4.15. The Balaban J connectivity index is 1.61. The summed E-state index contributed by atoms with van der Waals surface area (Å²) < 4.78 is 53.4. The lowest BCUT2D eigenvalue weighted by Crippen LogP contribution is -2.18. The fourth-order valence-electron chi connectivity index (χ4n) is 3.86. The smallest absolute Gasteiger partial charge is 0.263 e. The zero-order valence-corrected chi connectivity index (χ0v) is 20.2. The zero-order chi connectivity index (χ0) is 25.4. The number of benzene rings is 3. The first-order valence-corrected chi connectivity index (χ1v) is 12.4. The highest BCUT2D eigenvalue weighted by molar-refractivity contribution is 7.92. The molecule has 0 fully saturated rings. The quantitative estimate of drug-likeness (QED) is 0.325. The van der Waals surface area contributed by atoms with Crippen LogP contribution in [0.3, 0.4) is 0 Å². The molecular formula is C25H17ClFN3O5S. The third-order valence-corrected chi connectivity index (χ3v) is 7.04. The molecule has 182 valence electrons. The van der Waals surface area contributed by atoms with Crippen molar-refractivity contribution in [3.63, 3.8) is 0 Å². The number of anilines is 1. The second-order valence-electron chi connectivity index (χ2n) is 7.76. The van der Waals surface area contributed by atoms with Crippen LogP contribution in [0.5, 0.6) is 5.75 Å². The maximum Gasteiger partial charge on any atom is 0.263 e. The molecule has 0 aliphatic rings. The number of fused-ring (bicyclic) bond motifs is 1. The van der Waals surface area contributed by atoms with Gasteiger partial charge in [0.15, 0.2) is 5.82 Å². The van der Waals surface area contributed by atoms with Crippen LogP contribution in [0, 0.1) is 5.82 Å². The van der Waals surface area contributed by atoms with Crippen LogP contribution >= 0.6 is 11.6 Å². The van der Waals surface area contributed by atoms with Crippen LogP contribution in [0.25, 0.3) is 27.7 Å². The molecule has 3 aromatic carbocycles. The average molecular weight is 526 g/mol. The number of hydrogen-bond donors (Lipinski definition) is 1. The number of aromatic nitrogens is 2. The number of methoxy groups -OCH3 is 1. The van der Waals surface area contributed by atoms with Gasteiger partial charge in [-0.05, 0) is 65.7 Å². The Bertz CT molecular complexity index is 1750. The van der Waals surface area contributed by atoms with E-state index in [9.17, 15) is 17.6 Å². The monoisotopic (exact) mass is 525 g/mol. The fraction of sp³-hybridized carbons (Fsp3) is 0.0400. The van der Waals surface area contributed by atoms with Gasteiger partial charge in [-0.2, -0.15) is 0 Å². The molecule has 0 unspecified atom stereocenters. The molecule has 0 radical (unpaired) electrons. The zero-order valence-electron chi connectivity index (χ0n) is 18.6. The molecular weight excluding hydrogens is 509 g/mol. The number of nitrogens with one attached hydrogen (secondary N) is 1. The molecule has 0 aliphatic carbocycles. The molecule has 0 aliphatic heterocycles. The van der Waals surface area contributed by atoms with Crippen LogP contribution in [0.1, 0.15) is 0 Å². The number of pyridine rings is 1. The standard InChI is InChI=1S/C25H17ClFN3O5S/c1-34-23-13-15(17-10-18(26)14-19(27)11-17)2-5-22(23)30-21-6-4-20(12-16(21)3-7-25(30)31)36(32,33)29-24-8-9-35-28-24/h2-14H,1H3,(H,28,29). The van der Waals surface area contributed by atoms with Gasteiger partial charge in [0, 0.05) is 22.5 Å². The summed E-state index contributed by atoms with van der Waals surface area (Å²) in [5, 5.41) is 4.31. The van der Waals surface area contributed by atoms with Gasteiger partial charge in [0.2, 0.25) is 0 Å². The van der Waals surface area contributed by atoms with Gasteiger partial charge in [-0.1, -0.05) is 22.8 Å². The van der Waals surface area contributed by atoms with Gasteiger partial charge >= 0.3 is 0 Å². The molecule has 0 atom stereocenters. The van der Waals surface area contributed by atoms with E-state index in [1.165, 1.54) is 60.4 Å². The first-order valence-electron chi connectivity index (χ1n) is 10.5. The first kappa shape index (κ1) is 23.6. The number of hydrogen-bond acceptors (Lipinski definition) is 6. The third-order valence-electron chi connectivity index (χ3n) is 5.47. The summed E-state index contributed by atoms with van der Waals surface area (Å²) >= 11 is 6.00. The van der Waals surface area contributed by atoms with Crippen LogP contribution in [0.2, 0.25) is 5.02 Å². The number of rotatable bonds is 6. The minimum Gasteiger partial charge on any atom is -0.495 e. The van der Waals surface area contributed by atoms with Crippen molar-refractivity contribution < 1.29 is 22.1 Å². The predicted octanol–water partition coefficient (Wildman–Crippen LogP) is 5.25. The SMILES string of the molecule is COc1cc(-c2cc(F)cc(Cl)c2)ccc1-n1c(=O)ccc2cc(S(=O)(=O)Nc3ccon3)ccc21. The van der Waals surface area contributed by atoms with Crippen molar-refractivity contribution in [2.75, 3.05) is 11.8 Å². The van der Waals surface area contributed by atoms with E-state index in [2.05, 4.69) is 14.4 Å². The number of sulfonamides is 1. The summed E-state index contributed by atoms with van der Waals surface area (Å²) in [5.41, 5.74) is 1.72. The molecule has 0 spiro atoms. The van der Waals surface area contributed by atoms with Crippen molar-refractivity contribution in [1.82, 2.24) is 9.72 Å². The summed E-state index contributed by atoms with van der Waals surface area (Å²) in [6, 6.07) is 17.9. The van der Waals surface area contributed by atoms with Crippen LogP contribution < -0.4 is 15.0 Å². The van der Waals surface area contributed by atoms with Crippen LogP contribution in [-0.4, -0.2) is 25.3 Å². The van der Waals surface area contributed by atoms with E-state index in [0.29, 0.717) is 33.5 Å². The summed E-state index contributed by atoms with van der Waals surface area (Å²) in [7, 11) is -2.49. The molecule has 11 heteroatoms. The Morgan fingerprint density at radius 3 is 2.56 bits per heavy atom. The Labute approximate surface area is 209 Å². The number of nitrogens with zero attached hydrogens (tertiary/aromatic N) is 2. The van der Waals surface area contributed by atoms with Crippen molar-refractivity contribution in [3.8, 4) is 22.6 Å². The minimum atomic E-state index is -3.94. The number of ether oxygens (including phenoxy) is 1. The van der Waals surface area contributed by atoms with Gasteiger partial charge in [-0.25, -0.2) is 12.8 Å². The lowest BCUT2D eigenvalue weighted by Gasteiger charge is -2.16. The first-order chi connectivity index (χ1) is 17.2. The normalized spacial score (nSPS) is 11.5. The van der Waals surface area contributed by atoms with Crippen molar-refractivity contribution in [2.45, 2.75) is 4.90 Å². The van der Waals surface area contributed by atoms with Crippen LogP contribution in [0.15, 0.2) is 93.3 Å². The van der Waals surface area contributed by atoms with Gasteiger partial charge in [0.1, 0.15) is 17.8 Å². The molecule has 0 amide bonds. The molecule has 0 saturated heterocycles. The Kier molecular flexibility index (Phi) is 5.99. The molecule has 5 rings (SSSR count). The van der Waals surface area contributed by atoms with Crippen molar-refractivity contribution in [1.29, 1.82) is 0 Å². The second kappa shape index (κ2) is 9.14. The summed E-state index contributed by atoms with van der Waals surface area (Å²) in [5.74, 6) is -0.0778. The highest BCUT2D eigenvalue weighted by atomic mass is 35.5. The maximum atomic E-state index is 13.9. The van der Waals surface area contributed by atoms with Crippen molar-refractivity contribution in [2.24, 2.45) is 0 Å². The van der Waals surface area contributed by atoms with E-state index >= 15 is 0 Å². The predicted molar refractivity (Wildman–Crippen MR) is 134 cm³/mol. The lowest BCUT2D eigenvalue weighted by atomic mass is 10.0. The van der Waals surface area contributed by atoms with Gasteiger partial charge in [0.05, 0.1) is 23.2 Å². The number of halogens is 2. The Morgan fingerprint density at radius 1 is 1.00 bits per heavy atom. The van der Waals surface area contributed by atoms with E-state index in [0.717, 1.165) is 0 Å². The molecule has 36 heavy (non-hydrogen) atoms. The molecule has 5 aromatic rings. The van der Waals surface area contributed by atoms with E-state index in [4.69, 9.17) is 16.3 Å². The fourth-order valence-corrected chi connectivity index (χ4v) is 5.11. The van der Waals surface area contributed by atoms with Crippen LogP contribution in [0.4, 0.5) is 10.2 Å². The minimum absolute atomic E-state index is 0.0199. The van der Waals surface area contributed by atoms with Gasteiger partial charge in [-0.3, -0.25) is 14.1 Å². The average Bonchev–Trinajstić information content (AvgIpc) is 3.35. The lowest BCUT2D eigenvalue weighted by molar-refractivity contribution is 0.413. The van der Waals surface area contributed by atoms with Crippen molar-refractivity contribution in [3.05, 3.63) is 100 Å². The molecule has 0 saturated carbocycles. The highest BCUT2D eigenvalue weighted by Gasteiger charge is 2.18. The molecule has 0 bridgehead atoms. The van der Waals surface area contributed by atoms with Gasteiger partial charge in [-0.15, -0.1) is 0 Å². The maximum absolute atomic E-state index is 13.9. The topological polar surface area (TPSA) is 103 Å². The molecule has 2 aromatic heterocycles. The largest absolute Gasteiger partial charge is 0.495 e.